The van der Waals surface area contributed by atoms with Crippen LogP contribution in [0.2, 0.25) is 0 Å². The predicted octanol–water partition coefficient (Wildman–Crippen LogP) is 3.12. The molecule has 23 heavy (non-hydrogen) atoms. The lowest BCUT2D eigenvalue weighted by molar-refractivity contribution is 0.365. The van der Waals surface area contributed by atoms with E-state index in [9.17, 15) is 0 Å². The van der Waals surface area contributed by atoms with Crippen LogP contribution in [0.1, 0.15) is 31.0 Å². The summed E-state index contributed by atoms with van der Waals surface area (Å²) >= 11 is 0. The molecule has 0 fully saturated rings. The molecule has 0 aliphatic carbocycles. The number of rotatable bonds is 6. The summed E-state index contributed by atoms with van der Waals surface area (Å²) in [5, 5.41) is 7.98. The van der Waals surface area contributed by atoms with Gasteiger partial charge in [-0.1, -0.05) is 12.1 Å². The van der Waals surface area contributed by atoms with Gasteiger partial charge in [0.05, 0.1) is 18.6 Å². The Kier molecular flexibility index (Phi) is 4.57. The summed E-state index contributed by atoms with van der Waals surface area (Å²) in [6, 6.07) is 9.18. The van der Waals surface area contributed by atoms with E-state index in [0.717, 1.165) is 12.2 Å². The van der Waals surface area contributed by atoms with Gasteiger partial charge in [0.1, 0.15) is 0 Å². The van der Waals surface area contributed by atoms with Crippen molar-refractivity contribution in [2.75, 3.05) is 0 Å². The first-order valence-corrected chi connectivity index (χ1v) is 7.95. The van der Waals surface area contributed by atoms with Gasteiger partial charge >= 0.3 is 0 Å². The van der Waals surface area contributed by atoms with E-state index in [1.807, 2.05) is 28.0 Å². The number of nitrogens with one attached hydrogen (secondary N) is 1. The van der Waals surface area contributed by atoms with E-state index < -0.39 is 0 Å². The van der Waals surface area contributed by atoms with Crippen LogP contribution in [-0.4, -0.2) is 25.4 Å². The zero-order chi connectivity index (χ0) is 16.2. The molecule has 2 aromatic heterocycles. The molecule has 0 radical (unpaired) electrons. The quantitative estimate of drug-likeness (QED) is 0.761. The molecular formula is C18H23N5. The van der Waals surface area contributed by atoms with Crippen LogP contribution in [0.4, 0.5) is 0 Å². The highest BCUT2D eigenvalue weighted by molar-refractivity contribution is 5.34. The van der Waals surface area contributed by atoms with Crippen molar-refractivity contribution in [2.45, 2.75) is 39.4 Å². The summed E-state index contributed by atoms with van der Waals surface area (Å²) in [7, 11) is 0. The Bertz CT molecular complexity index is 727. The van der Waals surface area contributed by atoms with Crippen LogP contribution in [-0.2, 0) is 6.54 Å². The standard InChI is InChI=1S/C18H23N5/c1-14-10-21-23(12-14)16(3)15(2)20-11-17-4-6-18(7-5-17)22-9-8-19-13-22/h4-10,12-13,15-16,20H,11H2,1-3H3/t15-,16+/m1/s1. The number of aryl methyl sites for hydroxylation is 1. The molecular weight excluding hydrogens is 286 g/mol. The molecule has 1 aromatic carbocycles. The number of aromatic nitrogens is 4. The number of nitrogens with zero attached hydrogens (tertiary/aromatic N) is 4. The minimum Gasteiger partial charge on any atom is -0.308 e. The second-order valence-corrected chi connectivity index (χ2v) is 6.04. The van der Waals surface area contributed by atoms with E-state index in [0.29, 0.717) is 12.1 Å². The molecule has 120 valence electrons. The first kappa shape index (κ1) is 15.5. The van der Waals surface area contributed by atoms with Crippen LogP contribution in [0.3, 0.4) is 0 Å². The fraction of sp³-hybridized carbons (Fsp3) is 0.333. The van der Waals surface area contributed by atoms with E-state index in [-0.39, 0.29) is 0 Å². The zero-order valence-corrected chi connectivity index (χ0v) is 13.8. The van der Waals surface area contributed by atoms with Gasteiger partial charge in [0, 0.05) is 36.9 Å². The summed E-state index contributed by atoms with van der Waals surface area (Å²) in [5.74, 6) is 0. The van der Waals surface area contributed by atoms with Gasteiger partial charge in [-0.05, 0) is 44.0 Å². The monoisotopic (exact) mass is 309 g/mol. The largest absolute Gasteiger partial charge is 0.308 e. The molecule has 2 atom stereocenters. The summed E-state index contributed by atoms with van der Waals surface area (Å²) in [5.41, 5.74) is 3.59. The number of benzene rings is 1. The molecule has 5 nitrogen and oxygen atoms in total. The van der Waals surface area contributed by atoms with Crippen LogP contribution in [0.5, 0.6) is 0 Å². The van der Waals surface area contributed by atoms with Gasteiger partial charge in [-0.3, -0.25) is 4.68 Å². The van der Waals surface area contributed by atoms with E-state index in [1.54, 1.807) is 6.20 Å². The smallest absolute Gasteiger partial charge is 0.0991 e. The molecule has 0 saturated heterocycles. The third-order valence-corrected chi connectivity index (χ3v) is 4.24. The lowest BCUT2D eigenvalue weighted by atomic mass is 10.1. The van der Waals surface area contributed by atoms with E-state index in [4.69, 9.17) is 0 Å². The average molecular weight is 309 g/mol. The Labute approximate surface area is 137 Å². The normalized spacial score (nSPS) is 13.9. The highest BCUT2D eigenvalue weighted by Crippen LogP contribution is 2.13. The number of imidazole rings is 1. The summed E-state index contributed by atoms with van der Waals surface area (Å²) in [6.45, 7) is 7.29. The number of hydrogen-bond acceptors (Lipinski definition) is 3. The molecule has 1 N–H and O–H groups in total. The van der Waals surface area contributed by atoms with Crippen molar-refractivity contribution in [1.29, 1.82) is 0 Å². The second kappa shape index (κ2) is 6.79. The third kappa shape index (κ3) is 3.68. The van der Waals surface area contributed by atoms with Crippen LogP contribution < -0.4 is 5.32 Å². The van der Waals surface area contributed by atoms with Crippen molar-refractivity contribution in [3.63, 3.8) is 0 Å². The van der Waals surface area contributed by atoms with Crippen molar-refractivity contribution in [3.8, 4) is 5.69 Å². The van der Waals surface area contributed by atoms with Crippen molar-refractivity contribution < 1.29 is 0 Å². The third-order valence-electron chi connectivity index (χ3n) is 4.24. The Hall–Kier alpha value is -2.40. The fourth-order valence-electron chi connectivity index (χ4n) is 2.53. The first-order valence-electron chi connectivity index (χ1n) is 7.95. The maximum Gasteiger partial charge on any atom is 0.0991 e. The molecule has 0 unspecified atom stereocenters. The molecule has 0 aliphatic heterocycles. The van der Waals surface area contributed by atoms with Crippen LogP contribution >= 0.6 is 0 Å². The molecule has 0 bridgehead atoms. The SMILES string of the molecule is Cc1cnn([C@@H](C)[C@@H](C)NCc2ccc(-n3ccnc3)cc2)c1. The van der Waals surface area contributed by atoms with Gasteiger partial charge in [0.15, 0.2) is 0 Å². The Morgan fingerprint density at radius 2 is 1.96 bits per heavy atom. The topological polar surface area (TPSA) is 47.7 Å². The minimum absolute atomic E-state index is 0.314. The van der Waals surface area contributed by atoms with Gasteiger partial charge < -0.3 is 9.88 Å². The summed E-state index contributed by atoms with van der Waals surface area (Å²) < 4.78 is 4.02. The Balaban J connectivity index is 1.57. The summed E-state index contributed by atoms with van der Waals surface area (Å²) in [4.78, 5) is 4.07. The highest BCUT2D eigenvalue weighted by atomic mass is 15.3. The van der Waals surface area contributed by atoms with Gasteiger partial charge in [-0.15, -0.1) is 0 Å². The number of hydrogen-bond donors (Lipinski definition) is 1. The highest BCUT2D eigenvalue weighted by Gasteiger charge is 2.14. The van der Waals surface area contributed by atoms with E-state index in [2.05, 4.69) is 66.6 Å². The van der Waals surface area contributed by atoms with Gasteiger partial charge in [-0.25, -0.2) is 4.98 Å². The van der Waals surface area contributed by atoms with Gasteiger partial charge in [0.25, 0.3) is 0 Å². The summed E-state index contributed by atoms with van der Waals surface area (Å²) in [6.07, 6.45) is 9.53. The van der Waals surface area contributed by atoms with E-state index in [1.165, 1.54) is 11.1 Å². The second-order valence-electron chi connectivity index (χ2n) is 6.04. The van der Waals surface area contributed by atoms with Crippen molar-refractivity contribution in [3.05, 3.63) is 66.5 Å². The lowest BCUT2D eigenvalue weighted by Gasteiger charge is -2.22. The molecule has 0 amide bonds. The molecule has 3 rings (SSSR count). The molecule has 0 saturated carbocycles. The molecule has 0 aliphatic rings. The molecule has 5 heteroatoms. The van der Waals surface area contributed by atoms with E-state index >= 15 is 0 Å². The van der Waals surface area contributed by atoms with Crippen molar-refractivity contribution in [2.24, 2.45) is 0 Å². The Morgan fingerprint density at radius 3 is 2.57 bits per heavy atom. The van der Waals surface area contributed by atoms with Crippen LogP contribution in [0.15, 0.2) is 55.4 Å². The van der Waals surface area contributed by atoms with Crippen LogP contribution in [0, 0.1) is 6.92 Å². The van der Waals surface area contributed by atoms with Gasteiger partial charge in [-0.2, -0.15) is 5.10 Å². The van der Waals surface area contributed by atoms with Gasteiger partial charge in [0.2, 0.25) is 0 Å². The molecule has 2 heterocycles. The lowest BCUT2D eigenvalue weighted by Crippen LogP contribution is -2.33. The van der Waals surface area contributed by atoms with Crippen molar-refractivity contribution >= 4 is 0 Å². The molecule has 0 spiro atoms. The van der Waals surface area contributed by atoms with Crippen molar-refractivity contribution in [1.82, 2.24) is 24.6 Å². The Morgan fingerprint density at radius 1 is 1.17 bits per heavy atom. The zero-order valence-electron chi connectivity index (χ0n) is 13.8. The fourth-order valence-corrected chi connectivity index (χ4v) is 2.53. The average Bonchev–Trinajstić information content (AvgIpc) is 3.24. The predicted molar refractivity (Wildman–Crippen MR) is 91.5 cm³/mol. The minimum atomic E-state index is 0.314. The maximum atomic E-state index is 4.40. The van der Waals surface area contributed by atoms with Crippen LogP contribution in [0.25, 0.3) is 5.69 Å². The first-order chi connectivity index (χ1) is 11.1. The molecule has 3 aromatic rings. The maximum absolute atomic E-state index is 4.40.